The highest BCUT2D eigenvalue weighted by atomic mass is 19.1. The molecule has 3 heterocycles. The first kappa shape index (κ1) is 20.4. The first-order valence-corrected chi connectivity index (χ1v) is 10.1. The van der Waals surface area contributed by atoms with E-state index in [1.807, 2.05) is 6.07 Å². The molecule has 2 N–H and O–H groups in total. The number of aryl methyl sites for hydroxylation is 1. The lowest BCUT2D eigenvalue weighted by Crippen LogP contribution is -2.35. The van der Waals surface area contributed by atoms with Gasteiger partial charge >= 0.3 is 0 Å². The molecule has 2 saturated heterocycles. The van der Waals surface area contributed by atoms with E-state index in [9.17, 15) is 14.0 Å². The predicted molar refractivity (Wildman–Crippen MR) is 109 cm³/mol. The minimum atomic E-state index is -0.719. The Labute approximate surface area is 175 Å². The van der Waals surface area contributed by atoms with Crippen molar-refractivity contribution >= 4 is 11.8 Å². The van der Waals surface area contributed by atoms with Crippen LogP contribution in [0.1, 0.15) is 38.5 Å². The van der Waals surface area contributed by atoms with Crippen molar-refractivity contribution in [1.29, 1.82) is 0 Å². The lowest BCUT2D eigenvalue weighted by Gasteiger charge is -2.22. The maximum absolute atomic E-state index is 13.3. The fraction of sp³-hybridized carbons (Fsp3) is 0.409. The van der Waals surface area contributed by atoms with Crippen LogP contribution in [0.5, 0.6) is 0 Å². The van der Waals surface area contributed by atoms with Crippen molar-refractivity contribution in [2.24, 2.45) is 17.6 Å². The number of hydrogen-bond donors (Lipinski definition) is 1. The molecule has 2 aliphatic rings. The average molecular weight is 410 g/mol. The van der Waals surface area contributed by atoms with Crippen LogP contribution in [0.15, 0.2) is 30.6 Å². The number of hydrogen-bond acceptors (Lipinski definition) is 5. The summed E-state index contributed by atoms with van der Waals surface area (Å²) in [5, 5.41) is 0. The number of carbonyl (C=O) groups excluding carboxylic acids is 2. The van der Waals surface area contributed by atoms with Gasteiger partial charge in [-0.2, -0.15) is 0 Å². The van der Waals surface area contributed by atoms with Crippen LogP contribution in [0.2, 0.25) is 0 Å². The van der Waals surface area contributed by atoms with E-state index < -0.39 is 5.91 Å². The largest absolute Gasteiger partial charge is 0.364 e. The van der Waals surface area contributed by atoms with Crippen molar-refractivity contribution in [1.82, 2.24) is 19.8 Å². The first-order chi connectivity index (χ1) is 14.4. The lowest BCUT2D eigenvalue weighted by atomic mass is 10.0. The molecule has 1 radical (unpaired) electrons. The zero-order valence-electron chi connectivity index (χ0n) is 16.9. The third-order valence-corrected chi connectivity index (χ3v) is 6.01. The van der Waals surface area contributed by atoms with Gasteiger partial charge in [0.15, 0.2) is 0 Å². The Bertz CT molecular complexity index is 952. The summed E-state index contributed by atoms with van der Waals surface area (Å²) in [4.78, 5) is 36.9. The standard InChI is InChI=1S/C22H25FN5O2/c1-14-19(20(21(24)29)26-13-25-14)22(30)28-11-16-9-27(10-17(16)12-28)7-3-5-15-4-2-6-18(23)8-15/h2,4-6,8,13,16-17H,3,7,9-12H2,1H3,(H2,24,29)/t16-,17?/m0/s1. The van der Waals surface area contributed by atoms with E-state index in [-0.39, 0.29) is 23.0 Å². The highest BCUT2D eigenvalue weighted by Crippen LogP contribution is 2.32. The van der Waals surface area contributed by atoms with Gasteiger partial charge in [-0.15, -0.1) is 0 Å². The number of nitrogens with two attached hydrogens (primary N) is 1. The molecular weight excluding hydrogens is 385 g/mol. The average Bonchev–Trinajstić information content (AvgIpc) is 3.26. The van der Waals surface area contributed by atoms with Crippen LogP contribution in [0.4, 0.5) is 4.39 Å². The highest BCUT2D eigenvalue weighted by molar-refractivity contribution is 6.06. The van der Waals surface area contributed by atoms with Crippen LogP contribution < -0.4 is 5.73 Å². The van der Waals surface area contributed by atoms with Gasteiger partial charge in [-0.25, -0.2) is 14.4 Å². The van der Waals surface area contributed by atoms with Gasteiger partial charge in [0, 0.05) is 26.2 Å². The molecule has 157 valence electrons. The van der Waals surface area contributed by atoms with Crippen molar-refractivity contribution in [3.8, 4) is 0 Å². The fourth-order valence-electron chi connectivity index (χ4n) is 4.56. The molecule has 2 fully saturated rings. The topological polar surface area (TPSA) is 92.4 Å². The minimum absolute atomic E-state index is 0.0147. The number of likely N-dealkylation sites (tertiary alicyclic amines) is 2. The summed E-state index contributed by atoms with van der Waals surface area (Å²) in [5.41, 5.74) is 6.96. The number of benzene rings is 1. The van der Waals surface area contributed by atoms with E-state index in [1.54, 1.807) is 17.9 Å². The van der Waals surface area contributed by atoms with E-state index in [0.717, 1.165) is 31.6 Å². The van der Waals surface area contributed by atoms with Crippen LogP contribution in [-0.2, 0) is 0 Å². The van der Waals surface area contributed by atoms with Gasteiger partial charge in [-0.3, -0.25) is 9.59 Å². The number of amides is 2. The van der Waals surface area contributed by atoms with E-state index in [0.29, 0.717) is 30.6 Å². The Balaban J connectivity index is 1.32. The van der Waals surface area contributed by atoms with Crippen molar-refractivity contribution in [2.75, 3.05) is 32.7 Å². The highest BCUT2D eigenvalue weighted by Gasteiger charge is 2.42. The molecule has 1 unspecified atom stereocenters. The Hall–Kier alpha value is -2.87. The van der Waals surface area contributed by atoms with Crippen molar-refractivity contribution in [2.45, 2.75) is 13.3 Å². The maximum Gasteiger partial charge on any atom is 0.268 e. The Morgan fingerprint density at radius 2 is 1.93 bits per heavy atom. The number of carbonyl (C=O) groups is 2. The van der Waals surface area contributed by atoms with Gasteiger partial charge in [0.2, 0.25) is 0 Å². The molecule has 1 aromatic carbocycles. The normalized spacial score (nSPS) is 21.1. The summed E-state index contributed by atoms with van der Waals surface area (Å²) in [6.07, 6.45) is 4.16. The summed E-state index contributed by atoms with van der Waals surface area (Å²) in [6.45, 7) is 5.76. The minimum Gasteiger partial charge on any atom is -0.364 e. The molecule has 2 atom stereocenters. The van der Waals surface area contributed by atoms with E-state index in [1.165, 1.54) is 18.5 Å². The van der Waals surface area contributed by atoms with Crippen LogP contribution in [0.25, 0.3) is 0 Å². The summed E-state index contributed by atoms with van der Waals surface area (Å²) in [7, 11) is 0. The van der Waals surface area contributed by atoms with Crippen molar-refractivity contribution in [3.05, 3.63) is 65.3 Å². The number of rotatable bonds is 6. The number of fused-ring (bicyclic) bond motifs is 1. The summed E-state index contributed by atoms with van der Waals surface area (Å²) in [6, 6.07) is 6.61. The summed E-state index contributed by atoms with van der Waals surface area (Å²) in [5.74, 6) is -0.343. The van der Waals surface area contributed by atoms with Crippen LogP contribution in [0, 0.1) is 31.0 Å². The summed E-state index contributed by atoms with van der Waals surface area (Å²) >= 11 is 0. The van der Waals surface area contributed by atoms with Gasteiger partial charge < -0.3 is 15.5 Å². The van der Waals surface area contributed by atoms with Crippen LogP contribution >= 0.6 is 0 Å². The summed E-state index contributed by atoms with van der Waals surface area (Å²) < 4.78 is 13.3. The van der Waals surface area contributed by atoms with Gasteiger partial charge in [0.1, 0.15) is 17.8 Å². The third-order valence-electron chi connectivity index (χ3n) is 6.01. The molecule has 2 aromatic rings. The van der Waals surface area contributed by atoms with Gasteiger partial charge in [-0.05, 0) is 55.8 Å². The van der Waals surface area contributed by atoms with Gasteiger partial charge in [-0.1, -0.05) is 12.1 Å². The Kier molecular flexibility index (Phi) is 5.76. The van der Waals surface area contributed by atoms with E-state index in [4.69, 9.17) is 5.73 Å². The van der Waals surface area contributed by atoms with Gasteiger partial charge in [0.05, 0.1) is 11.3 Å². The lowest BCUT2D eigenvalue weighted by molar-refractivity contribution is 0.0766. The monoisotopic (exact) mass is 410 g/mol. The molecule has 2 amide bonds. The number of aromatic nitrogens is 2. The zero-order valence-corrected chi connectivity index (χ0v) is 16.9. The van der Waals surface area contributed by atoms with Crippen LogP contribution in [0.3, 0.4) is 0 Å². The fourth-order valence-corrected chi connectivity index (χ4v) is 4.56. The molecule has 0 bridgehead atoms. The SMILES string of the molecule is Cc1ncnc(C(N)=O)c1C(=O)N1CC2CN(CC[CH]c3cccc(F)c3)C[C@H]2C1. The second-order valence-corrected chi connectivity index (χ2v) is 8.08. The van der Waals surface area contributed by atoms with Crippen molar-refractivity contribution < 1.29 is 14.0 Å². The molecule has 0 spiro atoms. The van der Waals surface area contributed by atoms with Gasteiger partial charge in [0.25, 0.3) is 11.8 Å². The second kappa shape index (κ2) is 8.47. The quantitative estimate of drug-likeness (QED) is 0.782. The number of primary amides is 1. The molecule has 4 rings (SSSR count). The van der Waals surface area contributed by atoms with Crippen molar-refractivity contribution in [3.63, 3.8) is 0 Å². The predicted octanol–water partition coefficient (Wildman–Crippen LogP) is 1.67. The number of halogens is 1. The number of nitrogens with zero attached hydrogens (tertiary/aromatic N) is 4. The smallest absolute Gasteiger partial charge is 0.268 e. The molecule has 1 aromatic heterocycles. The van der Waals surface area contributed by atoms with E-state index >= 15 is 0 Å². The second-order valence-electron chi connectivity index (χ2n) is 8.08. The molecule has 8 heteroatoms. The Morgan fingerprint density at radius 3 is 2.60 bits per heavy atom. The molecule has 0 saturated carbocycles. The first-order valence-electron chi connectivity index (χ1n) is 10.1. The third kappa shape index (κ3) is 4.18. The van der Waals surface area contributed by atoms with E-state index in [2.05, 4.69) is 21.3 Å². The Morgan fingerprint density at radius 1 is 1.20 bits per heavy atom. The molecule has 7 nitrogen and oxygen atoms in total. The molecule has 0 aliphatic carbocycles. The van der Waals surface area contributed by atoms with Crippen LogP contribution in [-0.4, -0.2) is 64.3 Å². The molecular formula is C22H25FN5O2. The maximum atomic E-state index is 13.3. The molecule has 30 heavy (non-hydrogen) atoms. The zero-order chi connectivity index (χ0) is 21.3. The molecule has 2 aliphatic heterocycles.